The summed E-state index contributed by atoms with van der Waals surface area (Å²) in [6.07, 6.45) is 2.12. The Morgan fingerprint density at radius 1 is 0.824 bits per heavy atom. The second kappa shape index (κ2) is 19.9. The zero-order valence-electron chi connectivity index (χ0n) is 19.2. The number of carbonyl (C=O) groups excluding carboxylic acids is 3. The van der Waals surface area contributed by atoms with E-state index in [9.17, 15) is 28.8 Å². The van der Waals surface area contributed by atoms with Crippen LogP contribution in [0.2, 0.25) is 0 Å². The molecule has 0 aliphatic heterocycles. The van der Waals surface area contributed by atoms with Crippen LogP contribution in [0.3, 0.4) is 0 Å². The van der Waals surface area contributed by atoms with Gasteiger partial charge in [-0.2, -0.15) is 0 Å². The van der Waals surface area contributed by atoms with Gasteiger partial charge in [-0.1, -0.05) is 13.2 Å². The van der Waals surface area contributed by atoms with Crippen LogP contribution in [0.15, 0.2) is 24.8 Å². The van der Waals surface area contributed by atoms with Crippen LogP contribution in [0.4, 0.5) is 0 Å². The van der Waals surface area contributed by atoms with Gasteiger partial charge in [0.15, 0.2) is 0 Å². The maximum absolute atomic E-state index is 11.1. The lowest BCUT2D eigenvalue weighted by Gasteiger charge is -2.09. The molecule has 12 heteroatoms. The summed E-state index contributed by atoms with van der Waals surface area (Å²) in [4.78, 5) is 63.8. The molecule has 0 saturated heterocycles. The van der Waals surface area contributed by atoms with Crippen molar-refractivity contribution in [2.45, 2.75) is 51.9 Å². The van der Waals surface area contributed by atoms with E-state index in [0.29, 0.717) is 12.8 Å². The van der Waals surface area contributed by atoms with Gasteiger partial charge in [0.1, 0.15) is 0 Å². The predicted octanol–water partition coefficient (Wildman–Crippen LogP) is 1.97. The minimum Gasteiger partial charge on any atom is -0.481 e. The van der Waals surface area contributed by atoms with Crippen molar-refractivity contribution in [3.8, 4) is 0 Å². The van der Waals surface area contributed by atoms with Gasteiger partial charge in [0.05, 0.1) is 32.2 Å². The van der Waals surface area contributed by atoms with Crippen LogP contribution in [0.5, 0.6) is 0 Å². The Kier molecular flexibility index (Phi) is 19.1. The van der Waals surface area contributed by atoms with E-state index in [4.69, 9.17) is 24.8 Å². The summed E-state index contributed by atoms with van der Waals surface area (Å²) in [5.74, 6) is -5.87. The van der Waals surface area contributed by atoms with Crippen LogP contribution in [0, 0.1) is 5.92 Å². The number of unbranched alkanes of at least 4 members (excludes halogenated alkanes) is 1. The Balaban J connectivity index is 0. The van der Waals surface area contributed by atoms with E-state index < -0.39 is 48.2 Å². The third-order valence-corrected chi connectivity index (χ3v) is 3.80. The first kappa shape index (κ1) is 32.5. The van der Waals surface area contributed by atoms with Gasteiger partial charge in [-0.15, -0.1) is 0 Å². The van der Waals surface area contributed by atoms with Crippen LogP contribution < -0.4 is 0 Å². The van der Waals surface area contributed by atoms with Gasteiger partial charge >= 0.3 is 35.8 Å². The average molecular weight is 488 g/mol. The molecule has 3 N–H and O–H groups in total. The molecule has 0 aromatic rings. The second-order valence-corrected chi connectivity index (χ2v) is 6.88. The molecule has 0 heterocycles. The summed E-state index contributed by atoms with van der Waals surface area (Å²) in [5, 5.41) is 25.5. The molecule has 0 bridgehead atoms. The monoisotopic (exact) mass is 488 g/mol. The minimum atomic E-state index is -1.21. The third kappa shape index (κ3) is 21.5. The topological polar surface area (TPSA) is 191 Å². The summed E-state index contributed by atoms with van der Waals surface area (Å²) >= 11 is 0. The van der Waals surface area contributed by atoms with Crippen molar-refractivity contribution in [3.05, 3.63) is 24.8 Å². The summed E-state index contributed by atoms with van der Waals surface area (Å²) in [6, 6.07) is 0. The largest absolute Gasteiger partial charge is 0.481 e. The standard InChI is InChI=1S/C12H18O6.C10H14O6/c1-2-11(15)17-8-3-4-9-18-12(16)7-5-6-10(13)14;1-6(2)10(15)16-4-3-7(9(13)14)5-8(11)12/h2H,1,3-9H2,(H,13,14);7H,1,3-5H2,2H3,(H,11,12)(H,13,14). The normalized spacial score (nSPS) is 10.5. The molecule has 192 valence electrons. The SMILES string of the molecule is C=C(C)C(=O)OCCC(CC(=O)O)C(=O)O.C=CC(=O)OCCCCOC(=O)CCCC(=O)O. The van der Waals surface area contributed by atoms with E-state index in [0.717, 1.165) is 6.08 Å². The molecule has 0 saturated carbocycles. The molecule has 0 aliphatic carbocycles. The number of carboxylic acid groups (broad SMARTS) is 3. The maximum atomic E-state index is 11.1. The molecule has 0 aromatic carbocycles. The number of hydrogen-bond acceptors (Lipinski definition) is 9. The molecule has 0 spiro atoms. The number of hydrogen-bond donors (Lipinski definition) is 3. The van der Waals surface area contributed by atoms with E-state index >= 15 is 0 Å². The van der Waals surface area contributed by atoms with Crippen molar-refractivity contribution in [2.24, 2.45) is 5.92 Å². The van der Waals surface area contributed by atoms with Gasteiger partial charge in [-0.25, -0.2) is 9.59 Å². The van der Waals surface area contributed by atoms with Gasteiger partial charge in [0.2, 0.25) is 0 Å². The minimum absolute atomic E-state index is 0.0271. The van der Waals surface area contributed by atoms with Crippen molar-refractivity contribution in [3.63, 3.8) is 0 Å². The Morgan fingerprint density at radius 2 is 1.41 bits per heavy atom. The Bertz CT molecular complexity index is 725. The fourth-order valence-electron chi connectivity index (χ4n) is 2.02. The van der Waals surface area contributed by atoms with Crippen LogP contribution in [-0.4, -0.2) is 71.0 Å². The van der Waals surface area contributed by atoms with E-state index in [-0.39, 0.29) is 51.1 Å². The predicted molar refractivity (Wildman–Crippen MR) is 117 cm³/mol. The Hall–Kier alpha value is -3.70. The number of rotatable bonds is 17. The molecular weight excluding hydrogens is 456 g/mol. The first-order valence-electron chi connectivity index (χ1n) is 10.3. The number of carboxylic acids is 3. The third-order valence-electron chi connectivity index (χ3n) is 3.80. The molecule has 0 fully saturated rings. The number of esters is 3. The maximum Gasteiger partial charge on any atom is 0.333 e. The summed E-state index contributed by atoms with van der Waals surface area (Å²) in [7, 11) is 0. The van der Waals surface area contributed by atoms with Crippen LogP contribution >= 0.6 is 0 Å². The molecule has 0 rings (SSSR count). The van der Waals surface area contributed by atoms with Crippen molar-refractivity contribution in [1.82, 2.24) is 0 Å². The van der Waals surface area contributed by atoms with E-state index in [1.807, 2.05) is 0 Å². The van der Waals surface area contributed by atoms with E-state index in [2.05, 4.69) is 17.9 Å². The smallest absolute Gasteiger partial charge is 0.333 e. The van der Waals surface area contributed by atoms with Crippen molar-refractivity contribution in [2.75, 3.05) is 19.8 Å². The average Bonchev–Trinajstić information content (AvgIpc) is 2.74. The summed E-state index contributed by atoms with van der Waals surface area (Å²) in [6.45, 7) is 8.46. The lowest BCUT2D eigenvalue weighted by atomic mass is 10.0. The molecule has 12 nitrogen and oxygen atoms in total. The summed E-state index contributed by atoms with van der Waals surface area (Å²) < 4.78 is 14.3. The first-order chi connectivity index (χ1) is 15.9. The molecule has 34 heavy (non-hydrogen) atoms. The fraction of sp³-hybridized carbons (Fsp3) is 0.545. The van der Waals surface area contributed by atoms with Gasteiger partial charge in [0, 0.05) is 24.5 Å². The number of aliphatic carboxylic acids is 3. The quantitative estimate of drug-likeness (QED) is 0.117. The highest BCUT2D eigenvalue weighted by Gasteiger charge is 2.21. The molecule has 0 amide bonds. The summed E-state index contributed by atoms with van der Waals surface area (Å²) in [5.41, 5.74) is 0.213. The number of ether oxygens (including phenoxy) is 3. The fourth-order valence-corrected chi connectivity index (χ4v) is 2.02. The molecule has 0 aliphatic rings. The highest BCUT2D eigenvalue weighted by atomic mass is 16.5. The van der Waals surface area contributed by atoms with Crippen LogP contribution in [-0.2, 0) is 43.0 Å². The molecule has 1 atom stereocenters. The van der Waals surface area contributed by atoms with Crippen LogP contribution in [0.1, 0.15) is 51.9 Å². The first-order valence-corrected chi connectivity index (χ1v) is 10.3. The Labute approximate surface area is 197 Å². The van der Waals surface area contributed by atoms with Crippen LogP contribution in [0.25, 0.3) is 0 Å². The van der Waals surface area contributed by atoms with Crippen molar-refractivity contribution in [1.29, 1.82) is 0 Å². The lowest BCUT2D eigenvalue weighted by Crippen LogP contribution is -2.20. The number of carbonyl (C=O) groups is 6. The van der Waals surface area contributed by atoms with Crippen molar-refractivity contribution < 1.29 is 58.3 Å². The lowest BCUT2D eigenvalue weighted by molar-refractivity contribution is -0.150. The Morgan fingerprint density at radius 3 is 1.88 bits per heavy atom. The molecule has 0 aromatic heterocycles. The van der Waals surface area contributed by atoms with Gasteiger partial charge in [0.25, 0.3) is 0 Å². The zero-order valence-corrected chi connectivity index (χ0v) is 19.2. The zero-order chi connectivity index (χ0) is 26.5. The van der Waals surface area contributed by atoms with Gasteiger partial charge < -0.3 is 29.5 Å². The van der Waals surface area contributed by atoms with Gasteiger partial charge in [-0.05, 0) is 32.6 Å². The molecule has 0 radical (unpaired) electrons. The van der Waals surface area contributed by atoms with Crippen molar-refractivity contribution >= 4 is 35.8 Å². The van der Waals surface area contributed by atoms with E-state index in [1.54, 1.807) is 0 Å². The van der Waals surface area contributed by atoms with E-state index in [1.165, 1.54) is 6.92 Å². The second-order valence-electron chi connectivity index (χ2n) is 6.88. The molecule has 1 unspecified atom stereocenters. The highest BCUT2D eigenvalue weighted by molar-refractivity contribution is 5.87. The molecular formula is C22H32O12. The highest BCUT2D eigenvalue weighted by Crippen LogP contribution is 2.09. The van der Waals surface area contributed by atoms with Gasteiger partial charge in [-0.3, -0.25) is 19.2 Å².